The van der Waals surface area contributed by atoms with Crippen molar-refractivity contribution in [2.75, 3.05) is 31.7 Å². The van der Waals surface area contributed by atoms with Crippen LogP contribution in [0.5, 0.6) is 0 Å². The number of nitrogens with two attached hydrogens (primary N) is 1. The quantitative estimate of drug-likeness (QED) is 0.754. The van der Waals surface area contributed by atoms with E-state index in [0.717, 1.165) is 17.7 Å². The molecular formula is C12H19N7. The number of nitrogens with one attached hydrogen (secondary N) is 2. The van der Waals surface area contributed by atoms with Gasteiger partial charge in [-0.1, -0.05) is 0 Å². The molecule has 0 aromatic carbocycles. The predicted molar refractivity (Wildman–Crippen MR) is 74.9 cm³/mol. The smallest absolute Gasteiger partial charge is 0.224 e. The van der Waals surface area contributed by atoms with E-state index in [1.54, 1.807) is 6.20 Å². The van der Waals surface area contributed by atoms with Crippen molar-refractivity contribution in [2.45, 2.75) is 24.8 Å². The zero-order valence-electron chi connectivity index (χ0n) is 11.3. The fourth-order valence-electron chi connectivity index (χ4n) is 2.60. The molecule has 7 nitrogen and oxygen atoms in total. The Bertz CT molecular complexity index is 585. The van der Waals surface area contributed by atoms with Crippen molar-refractivity contribution in [1.29, 1.82) is 0 Å². The number of likely N-dealkylation sites (N-methyl/N-ethyl adjacent to an activating group) is 1. The maximum Gasteiger partial charge on any atom is 0.224 e. The Morgan fingerprint density at radius 3 is 2.84 bits per heavy atom. The summed E-state index contributed by atoms with van der Waals surface area (Å²) < 4.78 is 0. The van der Waals surface area contributed by atoms with E-state index in [0.29, 0.717) is 5.65 Å². The Labute approximate surface area is 111 Å². The fourth-order valence-corrected chi connectivity index (χ4v) is 2.60. The average molecular weight is 261 g/mol. The summed E-state index contributed by atoms with van der Waals surface area (Å²) in [6.45, 7) is 0.858. The molecule has 3 rings (SSSR count). The molecule has 2 aromatic rings. The van der Waals surface area contributed by atoms with Crippen LogP contribution in [0.15, 0.2) is 6.20 Å². The maximum atomic E-state index is 5.71. The summed E-state index contributed by atoms with van der Waals surface area (Å²) in [4.78, 5) is 10.7. The molecule has 0 unspecified atom stereocenters. The zero-order valence-corrected chi connectivity index (χ0v) is 11.3. The topological polar surface area (TPSA) is 95.7 Å². The number of H-pyrrole nitrogens is 1. The Morgan fingerprint density at radius 1 is 1.42 bits per heavy atom. The van der Waals surface area contributed by atoms with E-state index in [2.05, 4.69) is 44.5 Å². The molecule has 1 saturated carbocycles. The molecule has 0 amide bonds. The third-order valence-electron chi connectivity index (χ3n) is 4.14. The van der Waals surface area contributed by atoms with E-state index < -0.39 is 0 Å². The van der Waals surface area contributed by atoms with Crippen molar-refractivity contribution in [3.05, 3.63) is 6.20 Å². The number of nitrogens with zero attached hydrogens (tertiary/aromatic N) is 4. The molecule has 2 heterocycles. The predicted octanol–water partition coefficient (Wildman–Crippen LogP) is 0.831. The van der Waals surface area contributed by atoms with Crippen LogP contribution in [0.1, 0.15) is 19.3 Å². The summed E-state index contributed by atoms with van der Waals surface area (Å²) in [6, 6.07) is 0. The van der Waals surface area contributed by atoms with Gasteiger partial charge < -0.3 is 16.0 Å². The number of fused-ring (bicyclic) bond motifs is 1. The summed E-state index contributed by atoms with van der Waals surface area (Å²) in [7, 11) is 4.26. The molecule has 0 bridgehead atoms. The lowest BCUT2D eigenvalue weighted by Crippen LogP contribution is -2.54. The number of aromatic amines is 1. The van der Waals surface area contributed by atoms with Crippen LogP contribution in [0.4, 0.5) is 11.8 Å². The molecule has 0 atom stereocenters. The van der Waals surface area contributed by atoms with Crippen molar-refractivity contribution in [3.63, 3.8) is 0 Å². The van der Waals surface area contributed by atoms with Gasteiger partial charge in [-0.3, -0.25) is 5.10 Å². The van der Waals surface area contributed by atoms with E-state index in [1.165, 1.54) is 19.3 Å². The first-order valence-corrected chi connectivity index (χ1v) is 6.49. The molecule has 1 fully saturated rings. The van der Waals surface area contributed by atoms with Crippen LogP contribution in [0.3, 0.4) is 0 Å². The molecule has 19 heavy (non-hydrogen) atoms. The second-order valence-electron chi connectivity index (χ2n) is 5.39. The molecule has 102 valence electrons. The average Bonchev–Trinajstić information content (AvgIpc) is 2.74. The molecule has 2 aromatic heterocycles. The van der Waals surface area contributed by atoms with Gasteiger partial charge in [-0.25, -0.2) is 0 Å². The highest BCUT2D eigenvalue weighted by atomic mass is 15.2. The van der Waals surface area contributed by atoms with E-state index >= 15 is 0 Å². The Kier molecular flexibility index (Phi) is 2.78. The Morgan fingerprint density at radius 2 is 2.21 bits per heavy atom. The number of rotatable bonds is 4. The van der Waals surface area contributed by atoms with Crippen LogP contribution < -0.4 is 11.1 Å². The van der Waals surface area contributed by atoms with Gasteiger partial charge in [-0.2, -0.15) is 15.1 Å². The van der Waals surface area contributed by atoms with E-state index in [4.69, 9.17) is 5.73 Å². The third kappa shape index (κ3) is 1.99. The van der Waals surface area contributed by atoms with E-state index in [-0.39, 0.29) is 11.5 Å². The molecule has 1 aliphatic rings. The molecule has 0 radical (unpaired) electrons. The van der Waals surface area contributed by atoms with Crippen LogP contribution in [0, 0.1) is 0 Å². The fraction of sp³-hybridized carbons (Fsp3) is 0.583. The first-order chi connectivity index (χ1) is 9.11. The van der Waals surface area contributed by atoms with E-state index in [1.807, 2.05) is 0 Å². The first-order valence-electron chi connectivity index (χ1n) is 6.49. The number of anilines is 2. The minimum atomic E-state index is 0.232. The van der Waals surface area contributed by atoms with Crippen LogP contribution in [-0.4, -0.2) is 51.2 Å². The summed E-state index contributed by atoms with van der Waals surface area (Å²) in [5.74, 6) is 1.01. The highest BCUT2D eigenvalue weighted by Crippen LogP contribution is 2.36. The summed E-state index contributed by atoms with van der Waals surface area (Å²) >= 11 is 0. The van der Waals surface area contributed by atoms with Gasteiger partial charge in [0.25, 0.3) is 0 Å². The van der Waals surface area contributed by atoms with Crippen LogP contribution in [0.25, 0.3) is 11.0 Å². The lowest BCUT2D eigenvalue weighted by atomic mass is 9.75. The largest absolute Gasteiger partial charge is 0.368 e. The van der Waals surface area contributed by atoms with Gasteiger partial charge in [-0.15, -0.1) is 0 Å². The monoisotopic (exact) mass is 261 g/mol. The maximum absolute atomic E-state index is 5.71. The summed E-state index contributed by atoms with van der Waals surface area (Å²) in [5.41, 5.74) is 6.61. The third-order valence-corrected chi connectivity index (χ3v) is 4.14. The number of hydrogen-bond donors (Lipinski definition) is 3. The SMILES string of the molecule is CN(C)C1(CNc2nc(N)nc3[nH]ncc23)CCC1. The molecular weight excluding hydrogens is 242 g/mol. The van der Waals surface area contributed by atoms with Crippen molar-refractivity contribution in [3.8, 4) is 0 Å². The minimum Gasteiger partial charge on any atom is -0.368 e. The Hall–Kier alpha value is -1.89. The van der Waals surface area contributed by atoms with Crippen LogP contribution in [-0.2, 0) is 0 Å². The van der Waals surface area contributed by atoms with Gasteiger partial charge in [0.05, 0.1) is 11.6 Å². The van der Waals surface area contributed by atoms with Gasteiger partial charge in [0.2, 0.25) is 5.95 Å². The second-order valence-corrected chi connectivity index (χ2v) is 5.39. The highest BCUT2D eigenvalue weighted by molar-refractivity contribution is 5.86. The van der Waals surface area contributed by atoms with Crippen LogP contribution in [0.2, 0.25) is 0 Å². The normalized spacial score (nSPS) is 17.6. The van der Waals surface area contributed by atoms with Crippen molar-refractivity contribution in [2.24, 2.45) is 0 Å². The van der Waals surface area contributed by atoms with Crippen molar-refractivity contribution in [1.82, 2.24) is 25.1 Å². The molecule has 0 saturated heterocycles. The summed E-state index contributed by atoms with van der Waals surface area (Å²) in [6.07, 6.45) is 5.43. The van der Waals surface area contributed by atoms with Gasteiger partial charge in [0.1, 0.15) is 5.82 Å². The summed E-state index contributed by atoms with van der Waals surface area (Å²) in [5, 5.41) is 11.1. The lowest BCUT2D eigenvalue weighted by Gasteiger charge is -2.47. The van der Waals surface area contributed by atoms with Gasteiger partial charge in [-0.05, 0) is 33.4 Å². The van der Waals surface area contributed by atoms with Crippen LogP contribution >= 0.6 is 0 Å². The standard InChI is InChI=1S/C12H19N7/c1-19(2)12(4-3-5-12)7-14-9-8-6-15-18-10(8)17-11(13)16-9/h6H,3-5,7H2,1-2H3,(H4,13,14,15,16,17,18). The van der Waals surface area contributed by atoms with Gasteiger partial charge in [0, 0.05) is 12.1 Å². The highest BCUT2D eigenvalue weighted by Gasteiger charge is 2.38. The van der Waals surface area contributed by atoms with Gasteiger partial charge >= 0.3 is 0 Å². The first kappa shape index (κ1) is 12.2. The second kappa shape index (κ2) is 4.34. The molecule has 1 aliphatic carbocycles. The number of aromatic nitrogens is 4. The number of hydrogen-bond acceptors (Lipinski definition) is 6. The van der Waals surface area contributed by atoms with Crippen molar-refractivity contribution >= 4 is 22.8 Å². The van der Waals surface area contributed by atoms with E-state index in [9.17, 15) is 0 Å². The molecule has 0 spiro atoms. The minimum absolute atomic E-state index is 0.232. The molecule has 4 N–H and O–H groups in total. The lowest BCUT2D eigenvalue weighted by molar-refractivity contribution is 0.0738. The number of nitrogen functional groups attached to an aromatic ring is 1. The Balaban J connectivity index is 1.83. The zero-order chi connectivity index (χ0) is 13.5. The molecule has 7 heteroatoms. The van der Waals surface area contributed by atoms with Crippen molar-refractivity contribution < 1.29 is 0 Å². The molecule has 0 aliphatic heterocycles. The van der Waals surface area contributed by atoms with Gasteiger partial charge in [0.15, 0.2) is 5.65 Å².